The van der Waals surface area contributed by atoms with E-state index in [9.17, 15) is 0 Å². The van der Waals surface area contributed by atoms with Gasteiger partial charge in [0.2, 0.25) is 0 Å². The quantitative estimate of drug-likeness (QED) is 0.775. The van der Waals surface area contributed by atoms with Crippen molar-refractivity contribution in [2.24, 2.45) is 29.4 Å². The molecule has 2 nitrogen and oxygen atoms in total. The van der Waals surface area contributed by atoms with Gasteiger partial charge in [-0.25, -0.2) is 0 Å². The fourth-order valence-electron chi connectivity index (χ4n) is 4.27. The van der Waals surface area contributed by atoms with Crippen LogP contribution in [0.4, 0.5) is 0 Å². The fourth-order valence-corrected chi connectivity index (χ4v) is 4.27. The summed E-state index contributed by atoms with van der Waals surface area (Å²) < 4.78 is 0. The van der Waals surface area contributed by atoms with Crippen LogP contribution in [-0.4, -0.2) is 30.6 Å². The minimum absolute atomic E-state index is 0.526. The summed E-state index contributed by atoms with van der Waals surface area (Å²) >= 11 is 0. The molecule has 4 unspecified atom stereocenters. The normalized spacial score (nSPS) is 45.4. The number of hydrogen-bond donors (Lipinski definition) is 1. The van der Waals surface area contributed by atoms with Crippen molar-refractivity contribution in [1.29, 1.82) is 0 Å². The van der Waals surface area contributed by atoms with E-state index in [1.54, 1.807) is 0 Å². The van der Waals surface area contributed by atoms with E-state index < -0.39 is 0 Å². The topological polar surface area (TPSA) is 29.3 Å². The fraction of sp³-hybridized carbons (Fsp3) is 1.00. The van der Waals surface area contributed by atoms with Crippen molar-refractivity contribution in [3.05, 3.63) is 0 Å². The molecule has 0 aromatic carbocycles. The largest absolute Gasteiger partial charge is 0.327 e. The Morgan fingerprint density at radius 3 is 2.38 bits per heavy atom. The molecule has 2 saturated carbocycles. The molecule has 4 atom stereocenters. The van der Waals surface area contributed by atoms with Gasteiger partial charge < -0.3 is 10.6 Å². The van der Waals surface area contributed by atoms with Crippen LogP contribution in [0.1, 0.15) is 39.0 Å². The maximum Gasteiger partial charge on any atom is 0.0111 e. The standard InChI is InChI=1S/C14H26N2/c1-10-4-6-16(7-5-10)9-13-11-2-3-12(8-11)14(13)15/h10-14H,2-9,15H2,1H3. The molecule has 2 bridgehead atoms. The van der Waals surface area contributed by atoms with Crippen LogP contribution < -0.4 is 5.73 Å². The SMILES string of the molecule is CC1CCN(CC2C3CCC(C3)C2N)CC1. The highest BCUT2D eigenvalue weighted by molar-refractivity contribution is 5.00. The monoisotopic (exact) mass is 222 g/mol. The van der Waals surface area contributed by atoms with Crippen LogP contribution in [-0.2, 0) is 0 Å². The Balaban J connectivity index is 1.55. The van der Waals surface area contributed by atoms with Gasteiger partial charge in [-0.3, -0.25) is 0 Å². The first-order chi connectivity index (χ1) is 7.74. The maximum absolute atomic E-state index is 6.38. The molecule has 2 aliphatic carbocycles. The second-order valence-corrected chi connectivity index (χ2v) is 6.56. The highest BCUT2D eigenvalue weighted by Crippen LogP contribution is 2.47. The molecule has 2 N–H and O–H groups in total. The lowest BCUT2D eigenvalue weighted by Crippen LogP contribution is -2.45. The van der Waals surface area contributed by atoms with Crippen LogP contribution in [0.3, 0.4) is 0 Å². The van der Waals surface area contributed by atoms with Crippen molar-refractivity contribution in [3.63, 3.8) is 0 Å². The van der Waals surface area contributed by atoms with E-state index in [4.69, 9.17) is 5.73 Å². The molecular weight excluding hydrogens is 196 g/mol. The van der Waals surface area contributed by atoms with Gasteiger partial charge in [0.15, 0.2) is 0 Å². The highest BCUT2D eigenvalue weighted by atomic mass is 15.1. The zero-order valence-corrected chi connectivity index (χ0v) is 10.6. The van der Waals surface area contributed by atoms with Gasteiger partial charge in [-0.2, -0.15) is 0 Å². The molecule has 2 heteroatoms. The number of nitrogens with two attached hydrogens (primary N) is 1. The first-order valence-corrected chi connectivity index (χ1v) is 7.22. The summed E-state index contributed by atoms with van der Waals surface area (Å²) in [4.78, 5) is 2.69. The molecule has 0 radical (unpaired) electrons. The molecule has 0 aromatic rings. The zero-order valence-electron chi connectivity index (χ0n) is 10.6. The molecule has 1 saturated heterocycles. The van der Waals surface area contributed by atoms with Gasteiger partial charge in [0.05, 0.1) is 0 Å². The van der Waals surface area contributed by atoms with E-state index >= 15 is 0 Å². The molecule has 0 amide bonds. The lowest BCUT2D eigenvalue weighted by Gasteiger charge is -2.36. The van der Waals surface area contributed by atoms with E-state index in [1.165, 1.54) is 51.7 Å². The van der Waals surface area contributed by atoms with Crippen molar-refractivity contribution in [2.45, 2.75) is 45.1 Å². The van der Waals surface area contributed by atoms with Crippen molar-refractivity contribution in [1.82, 2.24) is 4.90 Å². The third-order valence-corrected chi connectivity index (χ3v) is 5.50. The Labute approximate surface area is 99.6 Å². The van der Waals surface area contributed by atoms with E-state index in [-0.39, 0.29) is 0 Å². The van der Waals surface area contributed by atoms with Gasteiger partial charge in [-0.05, 0) is 68.9 Å². The molecule has 3 rings (SSSR count). The van der Waals surface area contributed by atoms with Crippen molar-refractivity contribution in [2.75, 3.05) is 19.6 Å². The first kappa shape index (κ1) is 11.0. The maximum atomic E-state index is 6.38. The molecular formula is C14H26N2. The number of likely N-dealkylation sites (tertiary alicyclic amines) is 1. The van der Waals surface area contributed by atoms with E-state index in [0.29, 0.717) is 6.04 Å². The molecule has 16 heavy (non-hydrogen) atoms. The Morgan fingerprint density at radius 1 is 1.06 bits per heavy atom. The van der Waals surface area contributed by atoms with Gasteiger partial charge in [0.25, 0.3) is 0 Å². The summed E-state index contributed by atoms with van der Waals surface area (Å²) in [5.41, 5.74) is 6.38. The lowest BCUT2D eigenvalue weighted by molar-refractivity contribution is 0.135. The van der Waals surface area contributed by atoms with Crippen LogP contribution in [0.5, 0.6) is 0 Å². The summed E-state index contributed by atoms with van der Waals surface area (Å²) in [6.45, 7) is 6.33. The average molecular weight is 222 g/mol. The minimum Gasteiger partial charge on any atom is -0.327 e. The van der Waals surface area contributed by atoms with Crippen molar-refractivity contribution >= 4 is 0 Å². The number of piperidine rings is 1. The van der Waals surface area contributed by atoms with Gasteiger partial charge >= 0.3 is 0 Å². The molecule has 92 valence electrons. The Kier molecular flexibility index (Phi) is 2.97. The zero-order chi connectivity index (χ0) is 11.1. The second-order valence-electron chi connectivity index (χ2n) is 6.56. The summed E-state index contributed by atoms with van der Waals surface area (Å²) in [5, 5.41) is 0. The third kappa shape index (κ3) is 1.91. The van der Waals surface area contributed by atoms with Gasteiger partial charge in [-0.15, -0.1) is 0 Å². The number of hydrogen-bond acceptors (Lipinski definition) is 2. The first-order valence-electron chi connectivity index (χ1n) is 7.22. The van der Waals surface area contributed by atoms with Crippen molar-refractivity contribution in [3.8, 4) is 0 Å². The van der Waals surface area contributed by atoms with Gasteiger partial charge in [0.1, 0.15) is 0 Å². The molecule has 1 aliphatic heterocycles. The molecule has 0 spiro atoms. The number of fused-ring (bicyclic) bond motifs is 2. The van der Waals surface area contributed by atoms with Crippen LogP contribution in [0.25, 0.3) is 0 Å². The van der Waals surface area contributed by atoms with Gasteiger partial charge in [-0.1, -0.05) is 6.92 Å². The van der Waals surface area contributed by atoms with E-state index in [1.807, 2.05) is 0 Å². The van der Waals surface area contributed by atoms with Gasteiger partial charge in [0, 0.05) is 12.6 Å². The Hall–Kier alpha value is -0.0800. The van der Waals surface area contributed by atoms with Crippen LogP contribution in [0, 0.1) is 23.7 Å². The van der Waals surface area contributed by atoms with Crippen LogP contribution in [0.2, 0.25) is 0 Å². The molecule has 3 aliphatic rings. The minimum atomic E-state index is 0.526. The molecule has 1 heterocycles. The average Bonchev–Trinajstić information content (AvgIpc) is 2.85. The lowest BCUT2D eigenvalue weighted by atomic mass is 9.84. The predicted octanol–water partition coefficient (Wildman–Crippen LogP) is 2.09. The summed E-state index contributed by atoms with van der Waals surface area (Å²) in [6, 6.07) is 0.526. The van der Waals surface area contributed by atoms with E-state index in [2.05, 4.69) is 11.8 Å². The summed E-state index contributed by atoms with van der Waals surface area (Å²) in [6.07, 6.45) is 7.12. The summed E-state index contributed by atoms with van der Waals surface area (Å²) in [5.74, 6) is 3.62. The second kappa shape index (κ2) is 4.30. The molecule has 0 aromatic heterocycles. The van der Waals surface area contributed by atoms with Crippen LogP contribution >= 0.6 is 0 Å². The number of nitrogens with zero attached hydrogens (tertiary/aromatic N) is 1. The van der Waals surface area contributed by atoms with Crippen LogP contribution in [0.15, 0.2) is 0 Å². The highest BCUT2D eigenvalue weighted by Gasteiger charge is 2.46. The third-order valence-electron chi connectivity index (χ3n) is 5.50. The number of rotatable bonds is 2. The summed E-state index contributed by atoms with van der Waals surface area (Å²) in [7, 11) is 0. The van der Waals surface area contributed by atoms with E-state index in [0.717, 1.165) is 23.7 Å². The Morgan fingerprint density at radius 2 is 1.75 bits per heavy atom. The Bertz CT molecular complexity index is 243. The molecule has 3 fully saturated rings. The smallest absolute Gasteiger partial charge is 0.0111 e. The predicted molar refractivity (Wildman–Crippen MR) is 67.1 cm³/mol. The van der Waals surface area contributed by atoms with Crippen molar-refractivity contribution < 1.29 is 0 Å².